The first-order chi connectivity index (χ1) is 6.85. The molecule has 0 spiro atoms. The third-order valence-corrected chi connectivity index (χ3v) is 2.66. The van der Waals surface area contributed by atoms with Crippen LogP contribution < -0.4 is 10.1 Å². The molecular weight excluding hydrogens is 178 g/mol. The largest absolute Gasteiger partial charge is 0.495 e. The molecule has 0 aromatic heterocycles. The molecule has 1 aromatic carbocycles. The Bertz CT molecular complexity index is 311. The molecule has 14 heavy (non-hydrogen) atoms. The number of aliphatic hydroxyl groups is 1. The van der Waals surface area contributed by atoms with E-state index in [4.69, 9.17) is 9.84 Å². The fraction of sp³-hybridized carbons (Fsp3) is 0.455. The maximum atomic E-state index is 9.08. The van der Waals surface area contributed by atoms with E-state index < -0.39 is 0 Å². The van der Waals surface area contributed by atoms with Gasteiger partial charge in [0.1, 0.15) is 5.75 Å². The van der Waals surface area contributed by atoms with E-state index in [1.165, 1.54) is 5.56 Å². The lowest BCUT2D eigenvalue weighted by Gasteiger charge is -2.26. The number of para-hydroxylation sites is 1. The number of fused-ring (bicyclic) bond motifs is 1. The van der Waals surface area contributed by atoms with Crippen LogP contribution in [0.5, 0.6) is 5.75 Å². The Labute approximate surface area is 83.7 Å². The van der Waals surface area contributed by atoms with E-state index in [0.717, 1.165) is 24.3 Å². The van der Waals surface area contributed by atoms with E-state index in [2.05, 4.69) is 11.4 Å². The van der Waals surface area contributed by atoms with Gasteiger partial charge in [-0.05, 0) is 24.5 Å². The normalized spacial score (nSPS) is 19.7. The number of nitrogens with one attached hydrogen (secondary N) is 1. The van der Waals surface area contributed by atoms with Crippen LogP contribution in [-0.4, -0.2) is 24.9 Å². The van der Waals surface area contributed by atoms with Crippen molar-refractivity contribution in [3.05, 3.63) is 23.8 Å². The maximum absolute atomic E-state index is 9.08. The predicted octanol–water partition coefficient (Wildman–Crippen LogP) is 1.41. The molecule has 1 aliphatic heterocycles. The van der Waals surface area contributed by atoms with E-state index in [1.807, 2.05) is 12.1 Å². The van der Waals surface area contributed by atoms with Crippen molar-refractivity contribution in [2.24, 2.45) is 0 Å². The van der Waals surface area contributed by atoms with Gasteiger partial charge in [0.15, 0.2) is 0 Å². The minimum Gasteiger partial charge on any atom is -0.495 e. The third-order valence-electron chi connectivity index (χ3n) is 2.66. The lowest BCUT2D eigenvalue weighted by molar-refractivity contribution is 0.266. The summed E-state index contributed by atoms with van der Waals surface area (Å²) >= 11 is 0. The van der Waals surface area contributed by atoms with Crippen LogP contribution in [0.1, 0.15) is 12.0 Å². The molecule has 1 unspecified atom stereocenters. The average molecular weight is 193 g/mol. The fourth-order valence-electron chi connectivity index (χ4n) is 1.86. The molecule has 0 fully saturated rings. The first-order valence-electron chi connectivity index (χ1n) is 4.88. The second-order valence-corrected chi connectivity index (χ2v) is 3.56. The van der Waals surface area contributed by atoms with Gasteiger partial charge >= 0.3 is 0 Å². The Morgan fingerprint density at radius 1 is 1.57 bits per heavy atom. The standard InChI is InChI=1S/C11H15NO2/c1-14-10-4-2-3-8-5-6-9(7-13)12-11(8)10/h2-4,9,12-13H,5-7H2,1H3. The average Bonchev–Trinajstić information content (AvgIpc) is 2.27. The number of aliphatic hydroxyl groups excluding tert-OH is 1. The molecule has 3 nitrogen and oxygen atoms in total. The molecule has 76 valence electrons. The fourth-order valence-corrected chi connectivity index (χ4v) is 1.86. The molecule has 2 rings (SSSR count). The molecule has 0 saturated heterocycles. The zero-order valence-corrected chi connectivity index (χ0v) is 8.29. The molecule has 0 radical (unpaired) electrons. The molecule has 2 N–H and O–H groups in total. The first-order valence-corrected chi connectivity index (χ1v) is 4.88. The van der Waals surface area contributed by atoms with Crippen molar-refractivity contribution in [1.29, 1.82) is 0 Å². The van der Waals surface area contributed by atoms with E-state index >= 15 is 0 Å². The van der Waals surface area contributed by atoms with Gasteiger partial charge in [-0.1, -0.05) is 12.1 Å². The smallest absolute Gasteiger partial charge is 0.142 e. The molecule has 1 aromatic rings. The zero-order chi connectivity index (χ0) is 9.97. The number of rotatable bonds is 2. The summed E-state index contributed by atoms with van der Waals surface area (Å²) in [7, 11) is 1.67. The van der Waals surface area contributed by atoms with Crippen molar-refractivity contribution in [1.82, 2.24) is 0 Å². The van der Waals surface area contributed by atoms with Crippen LogP contribution in [0.25, 0.3) is 0 Å². The monoisotopic (exact) mass is 193 g/mol. The highest BCUT2D eigenvalue weighted by Crippen LogP contribution is 2.33. The van der Waals surface area contributed by atoms with Gasteiger partial charge in [-0.15, -0.1) is 0 Å². The van der Waals surface area contributed by atoms with E-state index in [1.54, 1.807) is 7.11 Å². The van der Waals surface area contributed by atoms with Gasteiger partial charge < -0.3 is 15.2 Å². The summed E-state index contributed by atoms with van der Waals surface area (Å²) in [4.78, 5) is 0. The number of aryl methyl sites for hydroxylation is 1. The third kappa shape index (κ3) is 1.55. The van der Waals surface area contributed by atoms with Crippen molar-refractivity contribution < 1.29 is 9.84 Å². The van der Waals surface area contributed by atoms with Crippen molar-refractivity contribution in [3.8, 4) is 5.75 Å². The van der Waals surface area contributed by atoms with Crippen LogP contribution in [0.2, 0.25) is 0 Å². The van der Waals surface area contributed by atoms with Gasteiger partial charge in [-0.3, -0.25) is 0 Å². The van der Waals surface area contributed by atoms with Crippen LogP contribution >= 0.6 is 0 Å². The molecule has 0 aliphatic carbocycles. The molecular formula is C11H15NO2. The van der Waals surface area contributed by atoms with Gasteiger partial charge in [0.05, 0.1) is 19.4 Å². The molecule has 3 heteroatoms. The Hall–Kier alpha value is -1.22. The topological polar surface area (TPSA) is 41.5 Å². The number of ether oxygens (including phenoxy) is 1. The number of methoxy groups -OCH3 is 1. The Morgan fingerprint density at radius 2 is 2.43 bits per heavy atom. The van der Waals surface area contributed by atoms with E-state index in [-0.39, 0.29) is 12.6 Å². The van der Waals surface area contributed by atoms with Crippen LogP contribution in [0.4, 0.5) is 5.69 Å². The van der Waals surface area contributed by atoms with Crippen LogP contribution in [-0.2, 0) is 6.42 Å². The molecule has 1 atom stereocenters. The van der Waals surface area contributed by atoms with Crippen molar-refractivity contribution in [2.75, 3.05) is 19.0 Å². The summed E-state index contributed by atoms with van der Waals surface area (Å²) in [6, 6.07) is 6.20. The first kappa shape index (κ1) is 9.34. The Morgan fingerprint density at radius 3 is 3.14 bits per heavy atom. The summed E-state index contributed by atoms with van der Waals surface area (Å²) in [5, 5.41) is 12.4. The molecule has 0 amide bonds. The molecule has 0 saturated carbocycles. The number of hydrogen-bond donors (Lipinski definition) is 2. The second kappa shape index (κ2) is 3.88. The minimum absolute atomic E-state index is 0.166. The van der Waals surface area contributed by atoms with Crippen molar-refractivity contribution in [3.63, 3.8) is 0 Å². The predicted molar refractivity (Wildman–Crippen MR) is 55.8 cm³/mol. The minimum atomic E-state index is 0.166. The molecule has 0 bridgehead atoms. The van der Waals surface area contributed by atoms with Crippen LogP contribution in [0.15, 0.2) is 18.2 Å². The Kier molecular flexibility index (Phi) is 2.59. The summed E-state index contributed by atoms with van der Waals surface area (Å²) in [6.07, 6.45) is 1.99. The van der Waals surface area contributed by atoms with Gasteiger partial charge in [-0.25, -0.2) is 0 Å². The van der Waals surface area contributed by atoms with Crippen LogP contribution in [0, 0.1) is 0 Å². The number of hydrogen-bond acceptors (Lipinski definition) is 3. The lowest BCUT2D eigenvalue weighted by Crippen LogP contribution is -2.28. The summed E-state index contributed by atoms with van der Waals surface area (Å²) < 4.78 is 5.26. The quantitative estimate of drug-likeness (QED) is 0.746. The summed E-state index contributed by atoms with van der Waals surface area (Å²) in [5.41, 5.74) is 2.31. The van der Waals surface area contributed by atoms with E-state index in [0.29, 0.717) is 0 Å². The van der Waals surface area contributed by atoms with Crippen LogP contribution in [0.3, 0.4) is 0 Å². The summed E-state index contributed by atoms with van der Waals surface area (Å²) in [5.74, 6) is 0.862. The van der Waals surface area contributed by atoms with Gasteiger partial charge in [0, 0.05) is 6.04 Å². The molecule has 1 heterocycles. The Balaban J connectivity index is 2.33. The second-order valence-electron chi connectivity index (χ2n) is 3.56. The van der Waals surface area contributed by atoms with Gasteiger partial charge in [0.2, 0.25) is 0 Å². The van der Waals surface area contributed by atoms with Crippen molar-refractivity contribution >= 4 is 5.69 Å². The highest BCUT2D eigenvalue weighted by molar-refractivity contribution is 5.64. The van der Waals surface area contributed by atoms with E-state index in [9.17, 15) is 0 Å². The van der Waals surface area contributed by atoms with Gasteiger partial charge in [-0.2, -0.15) is 0 Å². The molecule has 1 aliphatic rings. The number of benzene rings is 1. The highest BCUT2D eigenvalue weighted by Gasteiger charge is 2.19. The van der Waals surface area contributed by atoms with Crippen molar-refractivity contribution in [2.45, 2.75) is 18.9 Å². The number of anilines is 1. The SMILES string of the molecule is COc1cccc2c1NC(CO)CC2. The van der Waals surface area contributed by atoms with Gasteiger partial charge in [0.25, 0.3) is 0 Å². The zero-order valence-electron chi connectivity index (χ0n) is 8.29. The summed E-state index contributed by atoms with van der Waals surface area (Å²) in [6.45, 7) is 0.178. The highest BCUT2D eigenvalue weighted by atomic mass is 16.5. The lowest BCUT2D eigenvalue weighted by atomic mass is 9.98. The maximum Gasteiger partial charge on any atom is 0.142 e.